The van der Waals surface area contributed by atoms with E-state index in [4.69, 9.17) is 0 Å². The van der Waals surface area contributed by atoms with Gasteiger partial charge in [-0.2, -0.15) is 14.9 Å². The molecule has 96 valence electrons. The van der Waals surface area contributed by atoms with E-state index >= 15 is 0 Å². The summed E-state index contributed by atoms with van der Waals surface area (Å²) in [5, 5.41) is 12.3. The maximum Gasteiger partial charge on any atom is 0.301 e. The van der Waals surface area contributed by atoms with E-state index in [0.29, 0.717) is 17.1 Å². The lowest BCUT2D eigenvalue weighted by atomic mass is 10.1. The number of pyridine rings is 1. The zero-order chi connectivity index (χ0) is 13.5. The highest BCUT2D eigenvalue weighted by atomic mass is 16.1. The van der Waals surface area contributed by atoms with Gasteiger partial charge in [-0.3, -0.25) is 14.9 Å². The number of H-pyrrole nitrogens is 1. The van der Waals surface area contributed by atoms with E-state index in [9.17, 15) is 4.79 Å². The lowest BCUT2D eigenvalue weighted by molar-refractivity contribution is 0.855. The number of aromatic nitrogens is 5. The molecule has 0 fully saturated rings. The zero-order valence-electron chi connectivity index (χ0n) is 10.3. The highest BCUT2D eigenvalue weighted by Gasteiger charge is 2.20. The standard InChI is InChI=1S/C14H9N5O/c20-14-13-12(10-3-1-2-4-11(10)16-17-13)18-19(14)9-5-7-15-8-6-9/h1-8,16H. The topological polar surface area (TPSA) is 76.5 Å². The van der Waals surface area contributed by atoms with Gasteiger partial charge in [0.1, 0.15) is 5.69 Å². The van der Waals surface area contributed by atoms with E-state index < -0.39 is 0 Å². The predicted octanol–water partition coefficient (Wildman–Crippen LogP) is 1.61. The second-order valence-corrected chi connectivity index (χ2v) is 4.39. The molecule has 1 N–H and O–H groups in total. The average molecular weight is 263 g/mol. The number of hydrogen-bond donors (Lipinski definition) is 1. The van der Waals surface area contributed by atoms with Gasteiger partial charge in [-0.1, -0.05) is 18.2 Å². The van der Waals surface area contributed by atoms with Gasteiger partial charge < -0.3 is 0 Å². The molecule has 1 aromatic carbocycles. The minimum atomic E-state index is -0.242. The van der Waals surface area contributed by atoms with Crippen LogP contribution in [0.2, 0.25) is 0 Å². The van der Waals surface area contributed by atoms with Gasteiger partial charge in [0.25, 0.3) is 0 Å². The molecule has 6 heteroatoms. The monoisotopic (exact) mass is 263 g/mol. The Bertz CT molecular complexity index is 925. The Labute approximate surface area is 113 Å². The quantitative estimate of drug-likeness (QED) is 0.566. The summed E-state index contributed by atoms with van der Waals surface area (Å²) in [5.74, 6) is 0. The molecule has 0 aliphatic carbocycles. The fourth-order valence-corrected chi connectivity index (χ4v) is 2.24. The van der Waals surface area contributed by atoms with Crippen molar-refractivity contribution in [3.05, 3.63) is 59.1 Å². The van der Waals surface area contributed by atoms with Crippen molar-refractivity contribution in [2.24, 2.45) is 0 Å². The third kappa shape index (κ3) is 1.45. The van der Waals surface area contributed by atoms with E-state index in [-0.39, 0.29) is 5.56 Å². The van der Waals surface area contributed by atoms with E-state index in [0.717, 1.165) is 10.9 Å². The van der Waals surface area contributed by atoms with Crippen molar-refractivity contribution < 1.29 is 0 Å². The van der Waals surface area contributed by atoms with Crippen LogP contribution in [0.3, 0.4) is 0 Å². The molecule has 0 amide bonds. The van der Waals surface area contributed by atoms with Crippen LogP contribution in [-0.2, 0) is 0 Å². The lowest BCUT2D eigenvalue weighted by Crippen LogP contribution is -2.15. The summed E-state index contributed by atoms with van der Waals surface area (Å²) in [6, 6.07) is 11.1. The first-order valence-corrected chi connectivity index (χ1v) is 6.11. The summed E-state index contributed by atoms with van der Waals surface area (Å²) in [7, 11) is 0. The third-order valence-corrected chi connectivity index (χ3v) is 3.20. The van der Waals surface area contributed by atoms with E-state index in [2.05, 4.69) is 20.3 Å². The smallest absolute Gasteiger partial charge is 0.277 e. The summed E-state index contributed by atoms with van der Waals surface area (Å²) < 4.78 is 1.35. The number of fused-ring (bicyclic) bond motifs is 3. The van der Waals surface area contributed by atoms with Crippen LogP contribution in [-0.4, -0.2) is 25.0 Å². The number of hydrogen-bond acceptors (Lipinski definition) is 4. The molecular formula is C14H9N5O. The molecule has 3 heterocycles. The number of para-hydroxylation sites is 1. The van der Waals surface area contributed by atoms with E-state index in [1.807, 2.05) is 24.3 Å². The fraction of sp³-hybridized carbons (Fsp3) is 0. The van der Waals surface area contributed by atoms with Gasteiger partial charge in [-0.25, -0.2) is 0 Å². The van der Waals surface area contributed by atoms with Crippen molar-refractivity contribution in [3.63, 3.8) is 0 Å². The number of benzene rings is 1. The predicted molar refractivity (Wildman–Crippen MR) is 73.9 cm³/mol. The van der Waals surface area contributed by atoms with Crippen molar-refractivity contribution in [2.45, 2.75) is 0 Å². The summed E-state index contributed by atoms with van der Waals surface area (Å²) in [4.78, 5) is 16.3. The van der Waals surface area contributed by atoms with Crippen molar-refractivity contribution >= 4 is 10.9 Å². The molecular weight excluding hydrogens is 254 g/mol. The van der Waals surface area contributed by atoms with Crippen molar-refractivity contribution in [2.75, 3.05) is 0 Å². The van der Waals surface area contributed by atoms with Crippen LogP contribution in [0.4, 0.5) is 0 Å². The maximum absolute atomic E-state index is 12.4. The first-order valence-electron chi connectivity index (χ1n) is 6.11. The SMILES string of the molecule is O=c1c2n[nH]c3ccccc3c-2nn1-c1ccncc1. The summed E-state index contributed by atoms with van der Waals surface area (Å²) >= 11 is 0. The van der Waals surface area contributed by atoms with Crippen LogP contribution < -0.4 is 5.56 Å². The Morgan fingerprint density at radius 3 is 2.65 bits per heavy atom. The van der Waals surface area contributed by atoms with Gasteiger partial charge in [-0.05, 0) is 18.2 Å². The van der Waals surface area contributed by atoms with E-state index in [1.165, 1.54) is 4.68 Å². The van der Waals surface area contributed by atoms with Crippen LogP contribution in [0, 0.1) is 0 Å². The van der Waals surface area contributed by atoms with Crippen LogP contribution in [0.15, 0.2) is 53.6 Å². The minimum Gasteiger partial charge on any atom is -0.277 e. The number of nitrogens with one attached hydrogen (secondary N) is 1. The van der Waals surface area contributed by atoms with Crippen LogP contribution in [0.25, 0.3) is 28.0 Å². The van der Waals surface area contributed by atoms with Gasteiger partial charge in [0.15, 0.2) is 5.69 Å². The van der Waals surface area contributed by atoms with Crippen molar-refractivity contribution in [3.8, 4) is 17.1 Å². The number of aromatic amines is 1. The Morgan fingerprint density at radius 2 is 1.80 bits per heavy atom. The number of rotatable bonds is 1. The lowest BCUT2D eigenvalue weighted by Gasteiger charge is -2.00. The molecule has 20 heavy (non-hydrogen) atoms. The maximum atomic E-state index is 12.4. The third-order valence-electron chi connectivity index (χ3n) is 3.20. The van der Waals surface area contributed by atoms with Gasteiger partial charge in [0, 0.05) is 17.8 Å². The summed E-state index contributed by atoms with van der Waals surface area (Å²) in [5.41, 5.74) is 2.21. The molecule has 4 rings (SSSR count). The molecule has 0 unspecified atom stereocenters. The van der Waals surface area contributed by atoms with Crippen LogP contribution >= 0.6 is 0 Å². The van der Waals surface area contributed by atoms with Gasteiger partial charge in [-0.15, -0.1) is 0 Å². The Hall–Kier alpha value is -3.02. The molecule has 0 atom stereocenters. The molecule has 0 saturated carbocycles. The molecule has 2 aliphatic rings. The van der Waals surface area contributed by atoms with Crippen molar-refractivity contribution in [1.82, 2.24) is 25.0 Å². The molecule has 0 saturated heterocycles. The minimum absolute atomic E-state index is 0.242. The fourth-order valence-electron chi connectivity index (χ4n) is 2.24. The molecule has 2 aliphatic heterocycles. The largest absolute Gasteiger partial charge is 0.301 e. The second-order valence-electron chi connectivity index (χ2n) is 4.39. The Kier molecular flexibility index (Phi) is 2.17. The summed E-state index contributed by atoms with van der Waals surface area (Å²) in [6.07, 6.45) is 3.25. The van der Waals surface area contributed by atoms with Gasteiger partial charge in [0.2, 0.25) is 0 Å². The average Bonchev–Trinajstić information content (AvgIpc) is 2.86. The molecule has 6 nitrogen and oxygen atoms in total. The van der Waals surface area contributed by atoms with Crippen LogP contribution in [0.5, 0.6) is 0 Å². The van der Waals surface area contributed by atoms with E-state index in [1.54, 1.807) is 24.5 Å². The van der Waals surface area contributed by atoms with Crippen molar-refractivity contribution in [1.29, 1.82) is 0 Å². The Balaban J connectivity index is 2.10. The zero-order valence-corrected chi connectivity index (χ0v) is 10.3. The molecule has 2 aromatic rings. The Morgan fingerprint density at radius 1 is 1.00 bits per heavy atom. The highest BCUT2D eigenvalue weighted by molar-refractivity contribution is 5.91. The molecule has 0 radical (unpaired) electrons. The molecule has 0 spiro atoms. The van der Waals surface area contributed by atoms with Crippen LogP contribution in [0.1, 0.15) is 0 Å². The number of nitrogens with zero attached hydrogens (tertiary/aromatic N) is 4. The van der Waals surface area contributed by atoms with Gasteiger partial charge in [0.05, 0.1) is 11.2 Å². The second kappa shape index (κ2) is 3.99. The normalized spacial score (nSPS) is 11.2. The first-order chi connectivity index (χ1) is 9.84. The highest BCUT2D eigenvalue weighted by Crippen LogP contribution is 2.23. The molecule has 0 bridgehead atoms. The first kappa shape index (κ1) is 10.9. The summed E-state index contributed by atoms with van der Waals surface area (Å²) in [6.45, 7) is 0. The van der Waals surface area contributed by atoms with Gasteiger partial charge >= 0.3 is 5.56 Å². The molecule has 1 aromatic heterocycles.